The predicted molar refractivity (Wildman–Crippen MR) is 109 cm³/mol. The summed E-state index contributed by atoms with van der Waals surface area (Å²) in [6, 6.07) is 15.4. The van der Waals surface area contributed by atoms with E-state index in [9.17, 15) is 9.59 Å². The van der Waals surface area contributed by atoms with Crippen LogP contribution in [-0.2, 0) is 13.1 Å². The largest absolute Gasteiger partial charge is 0.348 e. The van der Waals surface area contributed by atoms with Gasteiger partial charge in [0.15, 0.2) is 0 Å². The number of pyridine rings is 1. The van der Waals surface area contributed by atoms with Crippen molar-refractivity contribution in [2.45, 2.75) is 13.1 Å². The van der Waals surface area contributed by atoms with E-state index in [0.717, 1.165) is 11.1 Å². The van der Waals surface area contributed by atoms with Crippen molar-refractivity contribution < 1.29 is 4.79 Å². The SMILES string of the molecule is O=C(NCc1ccc(Cl)cc1)c1cccn(Cc2ccc(Cl)c(Cl)c2)c1=O. The highest BCUT2D eigenvalue weighted by atomic mass is 35.5. The molecule has 138 valence electrons. The van der Waals surface area contributed by atoms with E-state index in [1.807, 2.05) is 12.1 Å². The lowest BCUT2D eigenvalue weighted by Crippen LogP contribution is -2.32. The van der Waals surface area contributed by atoms with Crippen LogP contribution >= 0.6 is 34.8 Å². The smallest absolute Gasteiger partial charge is 0.263 e. The molecule has 3 rings (SSSR count). The van der Waals surface area contributed by atoms with Crippen LogP contribution in [0.1, 0.15) is 21.5 Å². The van der Waals surface area contributed by atoms with Gasteiger partial charge in [-0.15, -0.1) is 0 Å². The molecule has 0 fully saturated rings. The van der Waals surface area contributed by atoms with Gasteiger partial charge in [-0.25, -0.2) is 0 Å². The quantitative estimate of drug-likeness (QED) is 0.644. The number of amides is 1. The molecule has 0 aliphatic heterocycles. The number of hydrogen-bond acceptors (Lipinski definition) is 2. The Morgan fingerprint density at radius 1 is 0.926 bits per heavy atom. The summed E-state index contributed by atoms with van der Waals surface area (Å²) in [5.74, 6) is -0.432. The van der Waals surface area contributed by atoms with Crippen LogP contribution in [0.25, 0.3) is 0 Å². The molecule has 0 atom stereocenters. The summed E-state index contributed by atoms with van der Waals surface area (Å²) in [5.41, 5.74) is 1.40. The molecule has 7 heteroatoms. The first kappa shape index (κ1) is 19.5. The fraction of sp³-hybridized carbons (Fsp3) is 0.100. The molecule has 1 amide bonds. The minimum Gasteiger partial charge on any atom is -0.348 e. The van der Waals surface area contributed by atoms with Crippen molar-refractivity contribution in [3.05, 3.63) is 103 Å². The third-order valence-corrected chi connectivity index (χ3v) is 4.96. The lowest BCUT2D eigenvalue weighted by atomic mass is 10.2. The van der Waals surface area contributed by atoms with Crippen molar-refractivity contribution in [1.29, 1.82) is 0 Å². The maximum absolute atomic E-state index is 12.6. The standard InChI is InChI=1S/C20H15Cl3N2O2/c21-15-6-3-13(4-7-15)11-24-19(26)16-2-1-9-25(20(16)27)12-14-5-8-17(22)18(23)10-14/h1-10H,11-12H2,(H,24,26). The van der Waals surface area contributed by atoms with Gasteiger partial charge in [-0.3, -0.25) is 9.59 Å². The maximum Gasteiger partial charge on any atom is 0.263 e. The number of nitrogens with zero attached hydrogens (tertiary/aromatic N) is 1. The van der Waals surface area contributed by atoms with Crippen molar-refractivity contribution in [3.63, 3.8) is 0 Å². The van der Waals surface area contributed by atoms with Crippen molar-refractivity contribution in [3.8, 4) is 0 Å². The number of hydrogen-bond donors (Lipinski definition) is 1. The lowest BCUT2D eigenvalue weighted by molar-refractivity contribution is 0.0949. The molecular formula is C20H15Cl3N2O2. The molecule has 3 aromatic rings. The van der Waals surface area contributed by atoms with Gasteiger partial charge in [-0.2, -0.15) is 0 Å². The van der Waals surface area contributed by atoms with Crippen LogP contribution in [-0.4, -0.2) is 10.5 Å². The molecule has 0 aliphatic rings. The van der Waals surface area contributed by atoms with E-state index in [1.54, 1.807) is 42.6 Å². The Balaban J connectivity index is 1.75. The van der Waals surface area contributed by atoms with Gasteiger partial charge in [0.25, 0.3) is 11.5 Å². The molecule has 27 heavy (non-hydrogen) atoms. The Bertz CT molecular complexity index is 1030. The summed E-state index contributed by atoms with van der Waals surface area (Å²) in [7, 11) is 0. The van der Waals surface area contributed by atoms with Gasteiger partial charge in [0.1, 0.15) is 5.56 Å². The second-order valence-electron chi connectivity index (χ2n) is 5.91. The Labute approximate surface area is 171 Å². The third kappa shape index (κ3) is 4.92. The average molecular weight is 422 g/mol. The number of benzene rings is 2. The second-order valence-corrected chi connectivity index (χ2v) is 7.16. The third-order valence-electron chi connectivity index (χ3n) is 3.97. The fourth-order valence-corrected chi connectivity index (χ4v) is 3.00. The van der Waals surface area contributed by atoms with Crippen LogP contribution in [0.4, 0.5) is 0 Å². The van der Waals surface area contributed by atoms with Gasteiger partial charge >= 0.3 is 0 Å². The summed E-state index contributed by atoms with van der Waals surface area (Å²) in [4.78, 5) is 25.1. The van der Waals surface area contributed by atoms with Crippen LogP contribution in [0.15, 0.2) is 65.6 Å². The molecule has 0 bridgehead atoms. The van der Waals surface area contributed by atoms with Crippen molar-refractivity contribution in [2.24, 2.45) is 0 Å². The first-order chi connectivity index (χ1) is 12.9. The average Bonchev–Trinajstić information content (AvgIpc) is 2.66. The van der Waals surface area contributed by atoms with Gasteiger partial charge in [-0.05, 0) is 47.5 Å². The minimum atomic E-state index is -0.432. The monoisotopic (exact) mass is 420 g/mol. The number of carbonyl (C=O) groups is 1. The lowest BCUT2D eigenvalue weighted by Gasteiger charge is -2.10. The molecular weight excluding hydrogens is 407 g/mol. The zero-order valence-corrected chi connectivity index (χ0v) is 16.4. The van der Waals surface area contributed by atoms with Gasteiger partial charge in [0, 0.05) is 17.8 Å². The number of aromatic nitrogens is 1. The van der Waals surface area contributed by atoms with E-state index < -0.39 is 5.91 Å². The topological polar surface area (TPSA) is 51.1 Å². The van der Waals surface area contributed by atoms with E-state index >= 15 is 0 Å². The highest BCUT2D eigenvalue weighted by molar-refractivity contribution is 6.42. The molecule has 1 aromatic heterocycles. The Morgan fingerprint density at radius 3 is 2.33 bits per heavy atom. The zero-order chi connectivity index (χ0) is 19.4. The van der Waals surface area contributed by atoms with E-state index in [1.165, 1.54) is 10.6 Å². The van der Waals surface area contributed by atoms with Crippen molar-refractivity contribution in [2.75, 3.05) is 0 Å². The Kier molecular flexibility index (Phi) is 6.22. The number of carbonyl (C=O) groups excluding carboxylic acids is 1. The molecule has 2 aromatic carbocycles. The summed E-state index contributed by atoms with van der Waals surface area (Å²) in [6.07, 6.45) is 1.63. The van der Waals surface area contributed by atoms with Gasteiger partial charge in [0.05, 0.1) is 16.6 Å². The molecule has 0 saturated heterocycles. The number of halogens is 3. The molecule has 0 unspecified atom stereocenters. The molecule has 0 radical (unpaired) electrons. The summed E-state index contributed by atoms with van der Waals surface area (Å²) < 4.78 is 1.46. The van der Waals surface area contributed by atoms with Crippen LogP contribution in [0, 0.1) is 0 Å². The highest BCUT2D eigenvalue weighted by Crippen LogP contribution is 2.22. The van der Waals surface area contributed by atoms with Crippen molar-refractivity contribution >= 4 is 40.7 Å². The highest BCUT2D eigenvalue weighted by Gasteiger charge is 2.12. The summed E-state index contributed by atoms with van der Waals surface area (Å²) >= 11 is 17.8. The maximum atomic E-state index is 12.6. The van der Waals surface area contributed by atoms with E-state index in [4.69, 9.17) is 34.8 Å². The summed E-state index contributed by atoms with van der Waals surface area (Å²) in [5, 5.41) is 4.24. The normalized spacial score (nSPS) is 10.6. The summed E-state index contributed by atoms with van der Waals surface area (Å²) in [6.45, 7) is 0.588. The molecule has 4 nitrogen and oxygen atoms in total. The van der Waals surface area contributed by atoms with E-state index in [0.29, 0.717) is 21.6 Å². The molecule has 0 saturated carbocycles. The van der Waals surface area contributed by atoms with Crippen LogP contribution in [0.5, 0.6) is 0 Å². The van der Waals surface area contributed by atoms with E-state index in [-0.39, 0.29) is 17.7 Å². The molecule has 0 spiro atoms. The number of nitrogens with one attached hydrogen (secondary N) is 1. The van der Waals surface area contributed by atoms with Gasteiger partial charge < -0.3 is 9.88 Å². The molecule has 1 N–H and O–H groups in total. The van der Waals surface area contributed by atoms with Crippen molar-refractivity contribution in [1.82, 2.24) is 9.88 Å². The Morgan fingerprint density at radius 2 is 1.63 bits per heavy atom. The molecule has 1 heterocycles. The van der Waals surface area contributed by atoms with Crippen LogP contribution < -0.4 is 10.9 Å². The first-order valence-corrected chi connectivity index (χ1v) is 9.23. The van der Waals surface area contributed by atoms with E-state index in [2.05, 4.69) is 5.32 Å². The van der Waals surface area contributed by atoms with Crippen LogP contribution in [0.2, 0.25) is 15.1 Å². The molecule has 0 aliphatic carbocycles. The fourth-order valence-electron chi connectivity index (χ4n) is 2.55. The first-order valence-electron chi connectivity index (χ1n) is 8.10. The minimum absolute atomic E-state index is 0.0755. The Hall–Kier alpha value is -2.27. The zero-order valence-electron chi connectivity index (χ0n) is 14.1. The van der Waals surface area contributed by atoms with Crippen LogP contribution in [0.3, 0.4) is 0 Å². The number of rotatable bonds is 5. The van der Waals surface area contributed by atoms with Gasteiger partial charge in [0.2, 0.25) is 0 Å². The second kappa shape index (κ2) is 8.61. The van der Waals surface area contributed by atoms with Gasteiger partial charge in [-0.1, -0.05) is 53.0 Å². The predicted octanol–water partition coefficient (Wildman–Crippen LogP) is 4.79.